The van der Waals surface area contributed by atoms with Gasteiger partial charge < -0.3 is 15.7 Å². The van der Waals surface area contributed by atoms with E-state index in [1.54, 1.807) is 24.3 Å². The molecule has 1 saturated carbocycles. The Labute approximate surface area is 111 Å². The number of anilines is 1. The molecule has 1 aliphatic carbocycles. The summed E-state index contributed by atoms with van der Waals surface area (Å²) in [5.74, 6) is 0. The monoisotopic (exact) mass is 268 g/mol. The summed E-state index contributed by atoms with van der Waals surface area (Å²) in [5.41, 5.74) is 0.571. The predicted molar refractivity (Wildman–Crippen MR) is 71.9 cm³/mol. The third-order valence-corrected chi connectivity index (χ3v) is 3.50. The second-order valence-corrected chi connectivity index (χ2v) is 4.94. The molecular weight excluding hydrogens is 252 g/mol. The van der Waals surface area contributed by atoms with Gasteiger partial charge in [-0.3, -0.25) is 0 Å². The van der Waals surface area contributed by atoms with Crippen molar-refractivity contribution < 1.29 is 9.90 Å². The quantitative estimate of drug-likeness (QED) is 0.772. The van der Waals surface area contributed by atoms with Crippen molar-refractivity contribution in [2.45, 2.75) is 37.8 Å². The number of aliphatic hydroxyl groups is 1. The molecule has 4 nitrogen and oxygen atoms in total. The molecule has 0 aromatic heterocycles. The molecule has 1 aliphatic rings. The number of urea groups is 1. The van der Waals surface area contributed by atoms with Crippen LogP contribution in [-0.2, 0) is 0 Å². The lowest BCUT2D eigenvalue weighted by molar-refractivity contribution is 0.0955. The van der Waals surface area contributed by atoms with Crippen LogP contribution in [0.3, 0.4) is 0 Å². The molecule has 2 amide bonds. The van der Waals surface area contributed by atoms with Gasteiger partial charge >= 0.3 is 6.03 Å². The minimum Gasteiger partial charge on any atom is -0.391 e. The number of rotatable bonds is 2. The van der Waals surface area contributed by atoms with Crippen LogP contribution in [0.15, 0.2) is 24.3 Å². The Morgan fingerprint density at radius 2 is 2.00 bits per heavy atom. The molecule has 0 bridgehead atoms. The van der Waals surface area contributed by atoms with Crippen molar-refractivity contribution in [2.75, 3.05) is 5.32 Å². The number of carbonyl (C=O) groups is 1. The highest BCUT2D eigenvalue weighted by Crippen LogP contribution is 2.21. The number of benzene rings is 1. The third kappa shape index (κ3) is 3.37. The summed E-state index contributed by atoms with van der Waals surface area (Å²) in [6, 6.07) is 6.56. The molecule has 0 spiro atoms. The first-order chi connectivity index (χ1) is 8.66. The lowest BCUT2D eigenvalue weighted by Crippen LogP contribution is -2.46. The number of halogens is 1. The van der Waals surface area contributed by atoms with Gasteiger partial charge in [-0.1, -0.05) is 36.6 Å². The van der Waals surface area contributed by atoms with Crippen molar-refractivity contribution in [3.63, 3.8) is 0 Å². The van der Waals surface area contributed by atoms with E-state index in [1.165, 1.54) is 0 Å². The van der Waals surface area contributed by atoms with Crippen molar-refractivity contribution >= 4 is 23.3 Å². The van der Waals surface area contributed by atoms with Crippen LogP contribution >= 0.6 is 11.6 Å². The minimum atomic E-state index is -0.448. The van der Waals surface area contributed by atoms with Crippen molar-refractivity contribution in [3.8, 4) is 0 Å². The highest BCUT2D eigenvalue weighted by Gasteiger charge is 2.24. The average Bonchev–Trinajstić information content (AvgIpc) is 2.35. The Bertz CT molecular complexity index is 425. The Hall–Kier alpha value is -1.26. The molecule has 0 heterocycles. The van der Waals surface area contributed by atoms with Crippen molar-refractivity contribution in [1.29, 1.82) is 0 Å². The van der Waals surface area contributed by atoms with Crippen molar-refractivity contribution in [3.05, 3.63) is 29.3 Å². The summed E-state index contributed by atoms with van der Waals surface area (Å²) in [6.07, 6.45) is 3.17. The van der Waals surface area contributed by atoms with Crippen LogP contribution < -0.4 is 10.6 Å². The fourth-order valence-electron chi connectivity index (χ4n) is 2.17. The maximum atomic E-state index is 11.8. The topological polar surface area (TPSA) is 61.4 Å². The van der Waals surface area contributed by atoms with Gasteiger partial charge in [0, 0.05) is 0 Å². The summed E-state index contributed by atoms with van der Waals surface area (Å²) in [6.45, 7) is 0. The summed E-state index contributed by atoms with van der Waals surface area (Å²) < 4.78 is 0. The van der Waals surface area contributed by atoms with Gasteiger partial charge in [-0.25, -0.2) is 4.79 Å². The summed E-state index contributed by atoms with van der Waals surface area (Å²) in [7, 11) is 0. The van der Waals surface area contributed by atoms with Crippen LogP contribution in [0.2, 0.25) is 5.02 Å². The Morgan fingerprint density at radius 3 is 2.72 bits per heavy atom. The van der Waals surface area contributed by atoms with E-state index in [2.05, 4.69) is 10.6 Å². The van der Waals surface area contributed by atoms with Crippen LogP contribution in [0.5, 0.6) is 0 Å². The molecule has 0 radical (unpaired) electrons. The van der Waals surface area contributed by atoms with Gasteiger partial charge in [0.15, 0.2) is 0 Å². The van der Waals surface area contributed by atoms with Crippen molar-refractivity contribution in [1.82, 2.24) is 5.32 Å². The molecule has 18 heavy (non-hydrogen) atoms. The molecule has 0 aliphatic heterocycles. The van der Waals surface area contributed by atoms with Gasteiger partial charge in [0.1, 0.15) is 0 Å². The predicted octanol–water partition coefficient (Wildman–Crippen LogP) is 2.77. The van der Waals surface area contributed by atoms with Crippen molar-refractivity contribution in [2.24, 2.45) is 0 Å². The van der Waals surface area contributed by atoms with Gasteiger partial charge in [0.05, 0.1) is 22.9 Å². The summed E-state index contributed by atoms with van der Waals surface area (Å²) in [5, 5.41) is 15.7. The van der Waals surface area contributed by atoms with E-state index in [-0.39, 0.29) is 12.1 Å². The molecule has 2 rings (SSSR count). The zero-order valence-electron chi connectivity index (χ0n) is 10.0. The van der Waals surface area contributed by atoms with Gasteiger partial charge in [-0.15, -0.1) is 0 Å². The highest BCUT2D eigenvalue weighted by molar-refractivity contribution is 6.33. The molecule has 98 valence electrons. The number of carbonyl (C=O) groups excluding carboxylic acids is 1. The smallest absolute Gasteiger partial charge is 0.319 e. The minimum absolute atomic E-state index is 0.166. The van der Waals surface area contributed by atoms with E-state index in [1.807, 2.05) is 0 Å². The number of aliphatic hydroxyl groups excluding tert-OH is 1. The maximum Gasteiger partial charge on any atom is 0.319 e. The first kappa shape index (κ1) is 13.2. The SMILES string of the molecule is O=C(Nc1ccccc1Cl)NC1CCCCC1O. The molecule has 2 unspecified atom stereocenters. The second kappa shape index (κ2) is 6.07. The average molecular weight is 269 g/mol. The molecule has 0 saturated heterocycles. The van der Waals surface area contributed by atoms with E-state index >= 15 is 0 Å². The van der Waals surface area contributed by atoms with Gasteiger partial charge in [0.25, 0.3) is 0 Å². The molecular formula is C13H17ClN2O2. The Morgan fingerprint density at radius 1 is 1.28 bits per heavy atom. The second-order valence-electron chi connectivity index (χ2n) is 4.54. The lowest BCUT2D eigenvalue weighted by atomic mass is 9.93. The Kier molecular flexibility index (Phi) is 4.44. The van der Waals surface area contributed by atoms with E-state index < -0.39 is 6.10 Å². The number of nitrogens with one attached hydrogen (secondary N) is 2. The lowest BCUT2D eigenvalue weighted by Gasteiger charge is -2.28. The molecule has 5 heteroatoms. The molecule has 1 aromatic carbocycles. The first-order valence-corrected chi connectivity index (χ1v) is 6.55. The van der Waals surface area contributed by atoms with Crippen LogP contribution in [0.1, 0.15) is 25.7 Å². The molecule has 2 atom stereocenters. The van der Waals surface area contributed by atoms with Gasteiger partial charge in [-0.05, 0) is 25.0 Å². The number of para-hydroxylation sites is 1. The zero-order valence-corrected chi connectivity index (χ0v) is 10.8. The molecule has 3 N–H and O–H groups in total. The first-order valence-electron chi connectivity index (χ1n) is 6.17. The van der Waals surface area contributed by atoms with E-state index in [4.69, 9.17) is 11.6 Å². The fourth-order valence-corrected chi connectivity index (χ4v) is 2.35. The molecule has 1 aromatic rings. The van der Waals surface area contributed by atoms with Crippen LogP contribution in [0, 0.1) is 0 Å². The van der Waals surface area contributed by atoms with Crippen LogP contribution in [0.4, 0.5) is 10.5 Å². The summed E-state index contributed by atoms with van der Waals surface area (Å²) in [4.78, 5) is 11.8. The van der Waals surface area contributed by atoms with E-state index in [0.717, 1.165) is 25.7 Å². The normalized spacial score (nSPS) is 23.4. The number of hydrogen-bond donors (Lipinski definition) is 3. The van der Waals surface area contributed by atoms with E-state index in [9.17, 15) is 9.90 Å². The molecule has 1 fully saturated rings. The Balaban J connectivity index is 1.90. The standard InChI is InChI=1S/C13H17ClN2O2/c14-9-5-1-2-6-10(9)15-13(18)16-11-7-3-4-8-12(11)17/h1-2,5-6,11-12,17H,3-4,7-8H2,(H2,15,16,18). The van der Waals surface area contributed by atoms with E-state index in [0.29, 0.717) is 10.7 Å². The fraction of sp³-hybridized carbons (Fsp3) is 0.462. The van der Waals surface area contributed by atoms with Crippen LogP contribution in [0.25, 0.3) is 0 Å². The highest BCUT2D eigenvalue weighted by atomic mass is 35.5. The third-order valence-electron chi connectivity index (χ3n) is 3.17. The number of hydrogen-bond acceptors (Lipinski definition) is 2. The van der Waals surface area contributed by atoms with Crippen LogP contribution in [-0.4, -0.2) is 23.3 Å². The van der Waals surface area contributed by atoms with Gasteiger partial charge in [0.2, 0.25) is 0 Å². The largest absolute Gasteiger partial charge is 0.391 e. The zero-order chi connectivity index (χ0) is 13.0. The number of amides is 2. The summed E-state index contributed by atoms with van der Waals surface area (Å²) >= 11 is 5.95. The van der Waals surface area contributed by atoms with Gasteiger partial charge in [-0.2, -0.15) is 0 Å². The maximum absolute atomic E-state index is 11.8.